The lowest BCUT2D eigenvalue weighted by molar-refractivity contribution is -0.141. The Kier molecular flexibility index (Phi) is 2.34. The van der Waals surface area contributed by atoms with E-state index < -0.39 is 0 Å². The predicted molar refractivity (Wildman–Crippen MR) is 64.0 cm³/mol. The van der Waals surface area contributed by atoms with E-state index in [-0.39, 0.29) is 5.41 Å². The average Bonchev–Trinajstić information content (AvgIpc) is 2.90. The third-order valence-corrected chi connectivity index (χ3v) is 4.92. The maximum Gasteiger partial charge on any atom is 0.229 e. The Hall–Kier alpha value is -0.790. The van der Waals surface area contributed by atoms with Crippen molar-refractivity contribution in [3.05, 3.63) is 11.6 Å². The molecule has 2 fully saturated rings. The van der Waals surface area contributed by atoms with Gasteiger partial charge in [-0.3, -0.25) is 4.79 Å². The summed E-state index contributed by atoms with van der Waals surface area (Å²) in [7, 11) is 0. The summed E-state index contributed by atoms with van der Waals surface area (Å²) in [5, 5.41) is 0. The third-order valence-electron chi connectivity index (χ3n) is 4.92. The molecular weight excluding hydrogens is 198 g/mol. The minimum atomic E-state index is 0.0732. The van der Waals surface area contributed by atoms with Crippen LogP contribution in [0.5, 0.6) is 0 Å². The lowest BCUT2D eigenvalue weighted by Gasteiger charge is -2.34. The van der Waals surface area contributed by atoms with Crippen LogP contribution in [-0.4, -0.2) is 23.9 Å². The van der Waals surface area contributed by atoms with Gasteiger partial charge in [0.15, 0.2) is 0 Å². The number of carbonyl (C=O) groups is 1. The summed E-state index contributed by atoms with van der Waals surface area (Å²) in [5.41, 5.74) is 1.52. The summed E-state index contributed by atoms with van der Waals surface area (Å²) in [6.07, 6.45) is 9.41. The van der Waals surface area contributed by atoms with Crippen molar-refractivity contribution in [2.75, 3.05) is 13.1 Å². The first-order chi connectivity index (χ1) is 7.70. The molecule has 2 aliphatic carbocycles. The molecule has 0 aromatic carbocycles. The van der Waals surface area contributed by atoms with Gasteiger partial charge in [-0.05, 0) is 51.4 Å². The number of hydrogen-bond acceptors (Lipinski definition) is 1. The first-order valence-corrected chi connectivity index (χ1v) is 6.65. The van der Waals surface area contributed by atoms with Crippen LogP contribution in [0.2, 0.25) is 0 Å². The molecule has 1 amide bonds. The van der Waals surface area contributed by atoms with Crippen molar-refractivity contribution in [1.82, 2.24) is 4.90 Å². The lowest BCUT2D eigenvalue weighted by atomic mass is 9.82. The highest BCUT2D eigenvalue weighted by atomic mass is 16.2. The molecular formula is C14H21NO. The molecule has 2 nitrogen and oxygen atoms in total. The molecule has 0 radical (unpaired) electrons. The molecule has 0 saturated heterocycles. The molecule has 0 spiro atoms. The van der Waals surface area contributed by atoms with Gasteiger partial charge in [0.25, 0.3) is 0 Å². The van der Waals surface area contributed by atoms with Crippen LogP contribution in [0.4, 0.5) is 0 Å². The third kappa shape index (κ3) is 1.50. The summed E-state index contributed by atoms with van der Waals surface area (Å²) in [4.78, 5) is 14.7. The highest BCUT2D eigenvalue weighted by Gasteiger charge is 2.51. The van der Waals surface area contributed by atoms with E-state index in [9.17, 15) is 4.79 Å². The van der Waals surface area contributed by atoms with E-state index in [0.717, 1.165) is 38.3 Å². The van der Waals surface area contributed by atoms with Gasteiger partial charge in [-0.25, -0.2) is 0 Å². The zero-order valence-electron chi connectivity index (χ0n) is 10.2. The fourth-order valence-electron chi connectivity index (χ4n) is 3.78. The topological polar surface area (TPSA) is 20.3 Å². The molecule has 0 aromatic rings. The van der Waals surface area contributed by atoms with Crippen molar-refractivity contribution >= 4 is 5.91 Å². The molecule has 2 heteroatoms. The van der Waals surface area contributed by atoms with Gasteiger partial charge in [-0.2, -0.15) is 0 Å². The van der Waals surface area contributed by atoms with Gasteiger partial charge in [0.05, 0.1) is 0 Å². The molecule has 0 unspecified atom stereocenters. The van der Waals surface area contributed by atoms with Gasteiger partial charge < -0.3 is 4.90 Å². The summed E-state index contributed by atoms with van der Waals surface area (Å²) in [5.74, 6) is 1.34. The van der Waals surface area contributed by atoms with Gasteiger partial charge >= 0.3 is 0 Å². The van der Waals surface area contributed by atoms with Crippen LogP contribution >= 0.6 is 0 Å². The average molecular weight is 219 g/mol. The molecule has 2 saturated carbocycles. The SMILES string of the molecule is CC1=CCN(C(=O)C23CCC(CC2)C3)CC1. The fourth-order valence-corrected chi connectivity index (χ4v) is 3.78. The first-order valence-electron chi connectivity index (χ1n) is 6.65. The first kappa shape index (κ1) is 10.4. The zero-order valence-corrected chi connectivity index (χ0v) is 10.2. The molecule has 3 rings (SSSR count). The number of rotatable bonds is 1. The Morgan fingerprint density at radius 1 is 1.44 bits per heavy atom. The van der Waals surface area contributed by atoms with Crippen molar-refractivity contribution < 1.29 is 4.79 Å². The zero-order chi connectivity index (χ0) is 11.2. The van der Waals surface area contributed by atoms with Crippen molar-refractivity contribution in [3.63, 3.8) is 0 Å². The molecule has 3 aliphatic rings. The Balaban J connectivity index is 1.73. The van der Waals surface area contributed by atoms with Crippen LogP contribution in [0.3, 0.4) is 0 Å². The van der Waals surface area contributed by atoms with Crippen LogP contribution in [0.15, 0.2) is 11.6 Å². The standard InChI is InChI=1S/C14H21NO/c1-11-4-8-15(9-5-11)13(16)14-6-2-12(10-14)3-7-14/h4,12H,2-3,5-10H2,1H3. The number of carbonyl (C=O) groups excluding carboxylic acids is 1. The number of fused-ring (bicyclic) bond motifs is 2. The van der Waals surface area contributed by atoms with Crippen molar-refractivity contribution in [2.24, 2.45) is 11.3 Å². The van der Waals surface area contributed by atoms with Crippen LogP contribution in [0, 0.1) is 11.3 Å². The van der Waals surface area contributed by atoms with Gasteiger partial charge in [0.1, 0.15) is 0 Å². The van der Waals surface area contributed by atoms with Gasteiger partial charge in [0, 0.05) is 18.5 Å². The van der Waals surface area contributed by atoms with Crippen LogP contribution in [-0.2, 0) is 4.79 Å². The van der Waals surface area contributed by atoms with Gasteiger partial charge in [-0.15, -0.1) is 0 Å². The summed E-state index contributed by atoms with van der Waals surface area (Å²) in [6, 6.07) is 0. The molecule has 88 valence electrons. The largest absolute Gasteiger partial charge is 0.338 e. The van der Waals surface area contributed by atoms with Crippen LogP contribution in [0.1, 0.15) is 45.4 Å². The van der Waals surface area contributed by atoms with Gasteiger partial charge in [-0.1, -0.05) is 11.6 Å². The molecule has 2 bridgehead atoms. The smallest absolute Gasteiger partial charge is 0.229 e. The summed E-state index contributed by atoms with van der Waals surface area (Å²) >= 11 is 0. The quantitative estimate of drug-likeness (QED) is 0.621. The molecule has 16 heavy (non-hydrogen) atoms. The molecule has 0 N–H and O–H groups in total. The van der Waals surface area contributed by atoms with Crippen molar-refractivity contribution in [3.8, 4) is 0 Å². The monoisotopic (exact) mass is 219 g/mol. The normalized spacial score (nSPS) is 37.7. The van der Waals surface area contributed by atoms with Crippen molar-refractivity contribution in [1.29, 1.82) is 0 Å². The highest BCUT2D eigenvalue weighted by Crippen LogP contribution is 2.55. The van der Waals surface area contributed by atoms with E-state index >= 15 is 0 Å². The molecule has 0 atom stereocenters. The molecule has 1 aliphatic heterocycles. The van der Waals surface area contributed by atoms with Crippen LogP contribution in [0.25, 0.3) is 0 Å². The number of amides is 1. The number of nitrogens with zero attached hydrogens (tertiary/aromatic N) is 1. The Morgan fingerprint density at radius 3 is 2.69 bits per heavy atom. The van der Waals surface area contributed by atoms with E-state index in [1.165, 1.54) is 24.8 Å². The van der Waals surface area contributed by atoms with Crippen molar-refractivity contribution in [2.45, 2.75) is 45.4 Å². The maximum atomic E-state index is 12.6. The maximum absolute atomic E-state index is 12.6. The van der Waals surface area contributed by atoms with E-state index in [1.807, 2.05) is 0 Å². The van der Waals surface area contributed by atoms with E-state index in [2.05, 4.69) is 17.9 Å². The van der Waals surface area contributed by atoms with E-state index in [1.54, 1.807) is 0 Å². The predicted octanol–water partition coefficient (Wildman–Crippen LogP) is 2.75. The second-order valence-electron chi connectivity index (χ2n) is 5.98. The van der Waals surface area contributed by atoms with Crippen LogP contribution < -0.4 is 0 Å². The van der Waals surface area contributed by atoms with E-state index in [0.29, 0.717) is 5.91 Å². The van der Waals surface area contributed by atoms with E-state index in [4.69, 9.17) is 0 Å². The van der Waals surface area contributed by atoms with Gasteiger partial charge in [0.2, 0.25) is 5.91 Å². The summed E-state index contributed by atoms with van der Waals surface area (Å²) < 4.78 is 0. The second-order valence-corrected chi connectivity index (χ2v) is 5.98. The lowest BCUT2D eigenvalue weighted by Crippen LogP contribution is -2.43. The fraction of sp³-hybridized carbons (Fsp3) is 0.786. The minimum Gasteiger partial charge on any atom is -0.338 e. The highest BCUT2D eigenvalue weighted by molar-refractivity contribution is 5.84. The summed E-state index contributed by atoms with van der Waals surface area (Å²) in [6.45, 7) is 3.98. The second kappa shape index (κ2) is 3.61. The molecule has 0 aromatic heterocycles. The Bertz CT molecular complexity index is 337. The Labute approximate surface area is 97.7 Å². The minimum absolute atomic E-state index is 0.0732. The Morgan fingerprint density at radius 2 is 2.19 bits per heavy atom. The number of hydrogen-bond donors (Lipinski definition) is 0. The molecule has 1 heterocycles.